The predicted molar refractivity (Wildman–Crippen MR) is 137 cm³/mol. The number of carbonyl (C=O) groups excluding carboxylic acids is 3. The van der Waals surface area contributed by atoms with Crippen molar-refractivity contribution in [2.45, 2.75) is 50.2 Å². The lowest BCUT2D eigenvalue weighted by Crippen LogP contribution is -2.52. The van der Waals surface area contributed by atoms with Crippen molar-refractivity contribution in [1.29, 1.82) is 0 Å². The standard InChI is InChI=1S/C29H30N4O4/c1-31-12-9-19-18(3-2-4-23(19)31)15-32-13-10-29(11-14-32)17-37-26-21-16-33(24-7-8-25(34)30-27(24)35)28(36)20(21)5-6-22(26)29/h2-6,9,12,24H,7-8,10-11,13-17H2,1H3,(H,30,34,35). The Balaban J connectivity index is 1.09. The second kappa shape index (κ2) is 8.18. The summed E-state index contributed by atoms with van der Waals surface area (Å²) in [7, 11) is 2.09. The second-order valence-electron chi connectivity index (χ2n) is 11.0. The molecular formula is C29H30N4O4. The summed E-state index contributed by atoms with van der Waals surface area (Å²) >= 11 is 0. The molecule has 1 unspecified atom stereocenters. The number of aryl methyl sites for hydroxylation is 1. The van der Waals surface area contributed by atoms with E-state index in [9.17, 15) is 14.4 Å². The lowest BCUT2D eigenvalue weighted by molar-refractivity contribution is -0.136. The number of imide groups is 1. The highest BCUT2D eigenvalue weighted by atomic mass is 16.5. The van der Waals surface area contributed by atoms with Crippen molar-refractivity contribution in [2.24, 2.45) is 7.05 Å². The first kappa shape index (κ1) is 22.5. The lowest BCUT2D eigenvalue weighted by Gasteiger charge is -2.38. The largest absolute Gasteiger partial charge is 0.492 e. The van der Waals surface area contributed by atoms with Crippen LogP contribution < -0.4 is 10.1 Å². The molecule has 190 valence electrons. The number of likely N-dealkylation sites (tertiary alicyclic amines) is 1. The topological polar surface area (TPSA) is 83.9 Å². The molecule has 8 nitrogen and oxygen atoms in total. The normalized spacial score (nSPS) is 22.9. The van der Waals surface area contributed by atoms with Crippen LogP contribution in [0.2, 0.25) is 0 Å². The zero-order valence-electron chi connectivity index (χ0n) is 21.0. The number of nitrogens with one attached hydrogen (secondary N) is 1. The Bertz CT molecular complexity index is 1470. The average Bonchev–Trinajstić information content (AvgIpc) is 3.56. The third kappa shape index (κ3) is 3.42. The number of amides is 3. The molecule has 4 aliphatic rings. The number of fused-ring (bicyclic) bond motifs is 5. The molecule has 2 saturated heterocycles. The van der Waals surface area contributed by atoms with E-state index in [1.807, 2.05) is 6.07 Å². The van der Waals surface area contributed by atoms with E-state index >= 15 is 0 Å². The maximum atomic E-state index is 13.2. The number of carbonyl (C=O) groups is 3. The van der Waals surface area contributed by atoms with E-state index in [0.717, 1.165) is 43.8 Å². The van der Waals surface area contributed by atoms with Crippen molar-refractivity contribution in [3.05, 3.63) is 64.8 Å². The van der Waals surface area contributed by atoms with Gasteiger partial charge in [-0.2, -0.15) is 0 Å². The van der Waals surface area contributed by atoms with Gasteiger partial charge in [0.05, 0.1) is 13.2 Å². The van der Waals surface area contributed by atoms with Gasteiger partial charge < -0.3 is 14.2 Å². The van der Waals surface area contributed by atoms with Gasteiger partial charge >= 0.3 is 0 Å². The van der Waals surface area contributed by atoms with E-state index in [4.69, 9.17) is 4.74 Å². The Kier molecular flexibility index (Phi) is 4.98. The van der Waals surface area contributed by atoms with Gasteiger partial charge in [0.25, 0.3) is 5.91 Å². The highest BCUT2D eigenvalue weighted by Crippen LogP contribution is 2.49. The van der Waals surface area contributed by atoms with Crippen LogP contribution in [0.4, 0.5) is 0 Å². The number of benzene rings is 2. The molecule has 0 radical (unpaired) electrons. The molecule has 37 heavy (non-hydrogen) atoms. The Morgan fingerprint density at radius 2 is 1.92 bits per heavy atom. The fraction of sp³-hybridized carbons (Fsp3) is 0.414. The van der Waals surface area contributed by atoms with E-state index in [2.05, 4.69) is 58.4 Å². The summed E-state index contributed by atoms with van der Waals surface area (Å²) in [5.41, 5.74) is 5.30. The van der Waals surface area contributed by atoms with Gasteiger partial charge in [-0.3, -0.25) is 24.6 Å². The summed E-state index contributed by atoms with van der Waals surface area (Å²) in [5, 5.41) is 3.70. The molecule has 0 saturated carbocycles. The monoisotopic (exact) mass is 498 g/mol. The summed E-state index contributed by atoms with van der Waals surface area (Å²) in [5.74, 6) is 0.0262. The van der Waals surface area contributed by atoms with Crippen LogP contribution >= 0.6 is 0 Å². The zero-order chi connectivity index (χ0) is 25.3. The number of hydrogen-bond acceptors (Lipinski definition) is 5. The Morgan fingerprint density at radius 3 is 2.73 bits per heavy atom. The number of hydrogen-bond donors (Lipinski definition) is 1. The van der Waals surface area contributed by atoms with Crippen LogP contribution in [-0.2, 0) is 35.1 Å². The van der Waals surface area contributed by atoms with Crippen molar-refractivity contribution >= 4 is 28.6 Å². The average molecular weight is 499 g/mol. The highest BCUT2D eigenvalue weighted by Gasteiger charge is 2.47. The van der Waals surface area contributed by atoms with Crippen molar-refractivity contribution in [3.8, 4) is 5.75 Å². The van der Waals surface area contributed by atoms with E-state index < -0.39 is 6.04 Å². The quantitative estimate of drug-likeness (QED) is 0.562. The molecule has 7 rings (SSSR count). The van der Waals surface area contributed by atoms with Crippen LogP contribution in [0.3, 0.4) is 0 Å². The van der Waals surface area contributed by atoms with Crippen LogP contribution in [0, 0.1) is 0 Å². The molecular weight excluding hydrogens is 468 g/mol. The minimum atomic E-state index is -0.610. The van der Waals surface area contributed by atoms with Gasteiger partial charge in [0.1, 0.15) is 11.8 Å². The second-order valence-corrected chi connectivity index (χ2v) is 11.0. The van der Waals surface area contributed by atoms with Crippen LogP contribution in [0.1, 0.15) is 52.7 Å². The molecule has 4 aliphatic heterocycles. The van der Waals surface area contributed by atoms with Crippen LogP contribution in [0.5, 0.6) is 5.75 Å². The predicted octanol–water partition coefficient (Wildman–Crippen LogP) is 2.87. The van der Waals surface area contributed by atoms with Gasteiger partial charge in [0, 0.05) is 59.2 Å². The lowest BCUT2D eigenvalue weighted by atomic mass is 9.74. The smallest absolute Gasteiger partial charge is 0.255 e. The van der Waals surface area contributed by atoms with Gasteiger partial charge in [-0.25, -0.2) is 0 Å². The molecule has 2 fully saturated rings. The first-order chi connectivity index (χ1) is 17.9. The van der Waals surface area contributed by atoms with Gasteiger partial charge in [-0.05, 0) is 56.1 Å². The maximum absolute atomic E-state index is 13.2. The molecule has 5 heterocycles. The molecule has 1 N–H and O–H groups in total. The van der Waals surface area contributed by atoms with Crippen LogP contribution in [0.25, 0.3) is 10.9 Å². The third-order valence-electron chi connectivity index (χ3n) is 8.96. The van der Waals surface area contributed by atoms with E-state index in [0.29, 0.717) is 25.1 Å². The summed E-state index contributed by atoms with van der Waals surface area (Å²) in [6.07, 6.45) is 4.76. The molecule has 2 aromatic carbocycles. The molecule has 8 heteroatoms. The Hall–Kier alpha value is -3.65. The van der Waals surface area contributed by atoms with Gasteiger partial charge in [-0.15, -0.1) is 0 Å². The number of aromatic nitrogens is 1. The zero-order valence-corrected chi connectivity index (χ0v) is 21.0. The van der Waals surface area contributed by atoms with Gasteiger partial charge in [0.15, 0.2) is 0 Å². The molecule has 1 spiro atoms. The van der Waals surface area contributed by atoms with E-state index in [1.54, 1.807) is 4.90 Å². The first-order valence-corrected chi connectivity index (χ1v) is 13.1. The van der Waals surface area contributed by atoms with Crippen molar-refractivity contribution in [3.63, 3.8) is 0 Å². The molecule has 0 bridgehead atoms. The highest BCUT2D eigenvalue weighted by molar-refractivity contribution is 6.05. The SMILES string of the molecule is Cn1ccc2c(CN3CCC4(CC3)COc3c4ccc4c3CN(C3CCC(=O)NC3=O)C4=O)cccc21. The van der Waals surface area contributed by atoms with Crippen LogP contribution in [-0.4, -0.2) is 57.8 Å². The van der Waals surface area contributed by atoms with Gasteiger partial charge in [-0.1, -0.05) is 18.2 Å². The van der Waals surface area contributed by atoms with Crippen molar-refractivity contribution < 1.29 is 19.1 Å². The van der Waals surface area contributed by atoms with E-state index in [1.165, 1.54) is 22.0 Å². The molecule has 1 atom stereocenters. The minimum absolute atomic E-state index is 0.0370. The fourth-order valence-electron chi connectivity index (χ4n) is 6.78. The first-order valence-electron chi connectivity index (χ1n) is 13.1. The number of ether oxygens (including phenoxy) is 1. The molecule has 3 amide bonds. The van der Waals surface area contributed by atoms with Crippen molar-refractivity contribution in [1.82, 2.24) is 19.7 Å². The summed E-state index contributed by atoms with van der Waals surface area (Å²) in [6, 6.07) is 12.1. The number of rotatable bonds is 3. The minimum Gasteiger partial charge on any atom is -0.492 e. The number of nitrogens with zero attached hydrogens (tertiary/aromatic N) is 3. The Morgan fingerprint density at radius 1 is 1.08 bits per heavy atom. The maximum Gasteiger partial charge on any atom is 0.255 e. The Labute approximate surface area is 215 Å². The summed E-state index contributed by atoms with van der Waals surface area (Å²) in [6.45, 7) is 3.90. The summed E-state index contributed by atoms with van der Waals surface area (Å²) < 4.78 is 8.49. The van der Waals surface area contributed by atoms with Gasteiger partial charge in [0.2, 0.25) is 11.8 Å². The number of piperidine rings is 2. The van der Waals surface area contributed by atoms with Crippen LogP contribution in [0.15, 0.2) is 42.6 Å². The molecule has 0 aliphatic carbocycles. The molecule has 1 aromatic heterocycles. The fourth-order valence-corrected chi connectivity index (χ4v) is 6.78. The van der Waals surface area contributed by atoms with Crippen molar-refractivity contribution in [2.75, 3.05) is 19.7 Å². The third-order valence-corrected chi connectivity index (χ3v) is 8.96. The molecule has 3 aromatic rings. The van der Waals surface area contributed by atoms with E-state index in [-0.39, 0.29) is 29.6 Å². The summed E-state index contributed by atoms with van der Waals surface area (Å²) in [4.78, 5) is 41.4.